The van der Waals surface area contributed by atoms with E-state index in [2.05, 4.69) is 0 Å². The molecule has 19 heavy (non-hydrogen) atoms. The number of rotatable bonds is 6. The van der Waals surface area contributed by atoms with Crippen LogP contribution in [0.5, 0.6) is 0 Å². The van der Waals surface area contributed by atoms with Gasteiger partial charge in [0.15, 0.2) is 0 Å². The average molecular weight is 264 g/mol. The van der Waals surface area contributed by atoms with Crippen LogP contribution in [0.4, 0.5) is 0 Å². The van der Waals surface area contributed by atoms with Crippen molar-refractivity contribution in [3.05, 3.63) is 35.9 Å². The molecule has 1 aromatic rings. The molecular formula is C12H16N4O3. The summed E-state index contributed by atoms with van der Waals surface area (Å²) in [7, 11) is 0. The maximum atomic E-state index is 12.1. The minimum absolute atomic E-state index is 0.400. The van der Waals surface area contributed by atoms with Crippen LogP contribution >= 0.6 is 0 Å². The number of amides is 3. The SMILES string of the molecule is NC(=O)CN(CC(N)=O)C(=O)[C@H](N)c1ccccc1. The second-order valence-corrected chi connectivity index (χ2v) is 4.02. The molecule has 0 aliphatic heterocycles. The minimum atomic E-state index is -0.972. The Morgan fingerprint density at radius 3 is 1.89 bits per heavy atom. The molecule has 0 aliphatic rings. The Morgan fingerprint density at radius 2 is 1.47 bits per heavy atom. The van der Waals surface area contributed by atoms with Gasteiger partial charge < -0.3 is 22.1 Å². The van der Waals surface area contributed by atoms with Crippen molar-refractivity contribution in [3.8, 4) is 0 Å². The lowest BCUT2D eigenvalue weighted by Crippen LogP contribution is -2.46. The highest BCUT2D eigenvalue weighted by molar-refractivity contribution is 5.91. The summed E-state index contributed by atoms with van der Waals surface area (Å²) in [6, 6.07) is 7.62. The van der Waals surface area contributed by atoms with Crippen LogP contribution in [0.3, 0.4) is 0 Å². The van der Waals surface area contributed by atoms with Gasteiger partial charge in [0, 0.05) is 0 Å². The van der Waals surface area contributed by atoms with E-state index >= 15 is 0 Å². The molecular weight excluding hydrogens is 248 g/mol. The molecule has 0 heterocycles. The number of nitrogens with two attached hydrogens (primary N) is 3. The van der Waals surface area contributed by atoms with Gasteiger partial charge in [0.25, 0.3) is 0 Å². The van der Waals surface area contributed by atoms with Crippen LogP contribution < -0.4 is 17.2 Å². The van der Waals surface area contributed by atoms with E-state index in [9.17, 15) is 14.4 Å². The van der Waals surface area contributed by atoms with E-state index in [1.165, 1.54) is 0 Å². The van der Waals surface area contributed by atoms with Gasteiger partial charge in [0.1, 0.15) is 6.04 Å². The Morgan fingerprint density at radius 1 is 1.00 bits per heavy atom. The molecule has 102 valence electrons. The van der Waals surface area contributed by atoms with Crippen molar-refractivity contribution in [2.24, 2.45) is 17.2 Å². The number of carbonyl (C=O) groups excluding carboxylic acids is 3. The normalized spacial score (nSPS) is 11.6. The van der Waals surface area contributed by atoms with Gasteiger partial charge in [0.2, 0.25) is 17.7 Å². The molecule has 7 heteroatoms. The molecule has 0 saturated carbocycles. The number of carbonyl (C=O) groups is 3. The third-order valence-corrected chi connectivity index (χ3v) is 2.43. The van der Waals surface area contributed by atoms with Crippen molar-refractivity contribution in [2.75, 3.05) is 13.1 Å². The van der Waals surface area contributed by atoms with Crippen LogP contribution in [0.2, 0.25) is 0 Å². The molecule has 1 aromatic carbocycles. The standard InChI is InChI=1S/C12H16N4O3/c13-9(17)6-16(7-10(14)18)12(19)11(15)8-4-2-1-3-5-8/h1-5,11H,6-7,15H2,(H2,13,17)(H2,14,18)/t11-/m1/s1. The van der Waals surface area contributed by atoms with E-state index in [4.69, 9.17) is 17.2 Å². The summed E-state index contributed by atoms with van der Waals surface area (Å²) in [5.74, 6) is -2.06. The Labute approximate surface area is 110 Å². The van der Waals surface area contributed by atoms with E-state index in [0.717, 1.165) is 4.90 Å². The average Bonchev–Trinajstić information content (AvgIpc) is 2.36. The van der Waals surface area contributed by atoms with E-state index in [1.807, 2.05) is 0 Å². The fourth-order valence-electron chi connectivity index (χ4n) is 1.59. The summed E-state index contributed by atoms with van der Waals surface area (Å²) >= 11 is 0. The smallest absolute Gasteiger partial charge is 0.245 e. The highest BCUT2D eigenvalue weighted by Gasteiger charge is 2.24. The zero-order chi connectivity index (χ0) is 14.4. The first kappa shape index (κ1) is 14.7. The van der Waals surface area contributed by atoms with Crippen molar-refractivity contribution in [1.29, 1.82) is 0 Å². The summed E-state index contributed by atoms with van der Waals surface area (Å²) in [6.07, 6.45) is 0. The van der Waals surface area contributed by atoms with Crippen molar-refractivity contribution in [1.82, 2.24) is 4.90 Å². The van der Waals surface area contributed by atoms with Crippen LogP contribution in [0.1, 0.15) is 11.6 Å². The van der Waals surface area contributed by atoms with Crippen LogP contribution in [0, 0.1) is 0 Å². The van der Waals surface area contributed by atoms with Crippen molar-refractivity contribution in [2.45, 2.75) is 6.04 Å². The Balaban J connectivity index is 2.86. The first-order valence-electron chi connectivity index (χ1n) is 5.57. The fraction of sp³-hybridized carbons (Fsp3) is 0.250. The predicted octanol–water partition coefficient (Wildman–Crippen LogP) is -1.51. The summed E-state index contributed by atoms with van der Waals surface area (Å²) in [5.41, 5.74) is 16.4. The van der Waals surface area contributed by atoms with Crippen LogP contribution in [-0.4, -0.2) is 35.7 Å². The fourth-order valence-corrected chi connectivity index (χ4v) is 1.59. The minimum Gasteiger partial charge on any atom is -0.368 e. The molecule has 0 fully saturated rings. The lowest BCUT2D eigenvalue weighted by molar-refractivity contribution is -0.139. The van der Waals surface area contributed by atoms with Gasteiger partial charge in [-0.25, -0.2) is 0 Å². The second-order valence-electron chi connectivity index (χ2n) is 4.02. The van der Waals surface area contributed by atoms with Crippen molar-refractivity contribution < 1.29 is 14.4 Å². The molecule has 0 aliphatic carbocycles. The van der Waals surface area contributed by atoms with E-state index in [0.29, 0.717) is 5.56 Å². The van der Waals surface area contributed by atoms with E-state index in [1.54, 1.807) is 30.3 Å². The molecule has 6 N–H and O–H groups in total. The summed E-state index contributed by atoms with van der Waals surface area (Å²) in [5, 5.41) is 0. The number of hydrogen-bond acceptors (Lipinski definition) is 4. The van der Waals surface area contributed by atoms with Crippen LogP contribution in [-0.2, 0) is 14.4 Å². The van der Waals surface area contributed by atoms with Gasteiger partial charge in [0.05, 0.1) is 13.1 Å². The van der Waals surface area contributed by atoms with Gasteiger partial charge in [-0.2, -0.15) is 0 Å². The van der Waals surface area contributed by atoms with Gasteiger partial charge in [-0.3, -0.25) is 14.4 Å². The molecule has 0 spiro atoms. The summed E-state index contributed by atoms with van der Waals surface area (Å²) < 4.78 is 0. The highest BCUT2D eigenvalue weighted by Crippen LogP contribution is 2.12. The van der Waals surface area contributed by atoms with Gasteiger partial charge in [-0.1, -0.05) is 30.3 Å². The Hall–Kier alpha value is -2.41. The number of hydrogen-bond donors (Lipinski definition) is 3. The molecule has 0 unspecified atom stereocenters. The van der Waals surface area contributed by atoms with Crippen LogP contribution in [0.25, 0.3) is 0 Å². The topological polar surface area (TPSA) is 133 Å². The third-order valence-electron chi connectivity index (χ3n) is 2.43. The largest absolute Gasteiger partial charge is 0.368 e. The maximum Gasteiger partial charge on any atom is 0.245 e. The zero-order valence-electron chi connectivity index (χ0n) is 10.3. The number of benzene rings is 1. The lowest BCUT2D eigenvalue weighted by atomic mass is 10.1. The maximum absolute atomic E-state index is 12.1. The third kappa shape index (κ3) is 4.40. The number of primary amides is 2. The van der Waals surface area contributed by atoms with Gasteiger partial charge >= 0.3 is 0 Å². The second kappa shape index (κ2) is 6.50. The van der Waals surface area contributed by atoms with Gasteiger partial charge in [-0.15, -0.1) is 0 Å². The van der Waals surface area contributed by atoms with Crippen molar-refractivity contribution in [3.63, 3.8) is 0 Å². The van der Waals surface area contributed by atoms with E-state index < -0.39 is 36.9 Å². The summed E-state index contributed by atoms with van der Waals surface area (Å²) in [6.45, 7) is -0.801. The Bertz CT molecular complexity index is 459. The molecule has 1 rings (SSSR count). The quantitative estimate of drug-likeness (QED) is 0.575. The molecule has 7 nitrogen and oxygen atoms in total. The lowest BCUT2D eigenvalue weighted by Gasteiger charge is -2.23. The summed E-state index contributed by atoms with van der Waals surface area (Å²) in [4.78, 5) is 34.8. The molecule has 0 saturated heterocycles. The van der Waals surface area contributed by atoms with Crippen LogP contribution in [0.15, 0.2) is 30.3 Å². The highest BCUT2D eigenvalue weighted by atomic mass is 16.2. The number of nitrogens with zero attached hydrogens (tertiary/aromatic N) is 1. The van der Waals surface area contributed by atoms with E-state index in [-0.39, 0.29) is 0 Å². The van der Waals surface area contributed by atoms with Gasteiger partial charge in [-0.05, 0) is 5.56 Å². The first-order valence-corrected chi connectivity index (χ1v) is 5.57. The molecule has 1 atom stereocenters. The monoisotopic (exact) mass is 264 g/mol. The Kier molecular flexibility index (Phi) is 5.01. The molecule has 0 aromatic heterocycles. The molecule has 0 radical (unpaired) electrons. The molecule has 0 bridgehead atoms. The predicted molar refractivity (Wildman–Crippen MR) is 68.3 cm³/mol. The van der Waals surface area contributed by atoms with Crippen molar-refractivity contribution >= 4 is 17.7 Å². The zero-order valence-corrected chi connectivity index (χ0v) is 10.3. The molecule has 3 amide bonds. The first-order chi connectivity index (χ1) is 8.91.